The van der Waals surface area contributed by atoms with Gasteiger partial charge in [0.05, 0.1) is 19.3 Å². The maximum Gasteiger partial charge on any atom is 0.227 e. The SMILES string of the molecule is CN=C(NCc1ccc(N2CCCC2=O)cc1)NCc1cccc(OC)n1.I. The molecule has 0 spiro atoms. The van der Waals surface area contributed by atoms with Crippen molar-refractivity contribution in [1.82, 2.24) is 15.6 Å². The first-order valence-corrected chi connectivity index (χ1v) is 9.03. The Morgan fingerprint density at radius 3 is 2.57 bits per heavy atom. The summed E-state index contributed by atoms with van der Waals surface area (Å²) >= 11 is 0. The van der Waals surface area contributed by atoms with E-state index in [9.17, 15) is 4.79 Å². The first-order chi connectivity index (χ1) is 13.2. The van der Waals surface area contributed by atoms with E-state index in [1.807, 2.05) is 47.4 Å². The lowest BCUT2D eigenvalue weighted by molar-refractivity contribution is -0.117. The van der Waals surface area contributed by atoms with Crippen molar-refractivity contribution in [3.05, 3.63) is 53.7 Å². The Hall–Kier alpha value is -2.36. The molecule has 2 N–H and O–H groups in total. The van der Waals surface area contributed by atoms with Crippen LogP contribution in [-0.4, -0.2) is 37.6 Å². The summed E-state index contributed by atoms with van der Waals surface area (Å²) in [6.07, 6.45) is 1.58. The molecule has 1 amide bonds. The number of aliphatic imine (C=N–C) groups is 1. The number of carbonyl (C=O) groups excluding carboxylic acids is 1. The van der Waals surface area contributed by atoms with Crippen molar-refractivity contribution in [2.75, 3.05) is 25.6 Å². The summed E-state index contributed by atoms with van der Waals surface area (Å²) in [5, 5.41) is 6.52. The van der Waals surface area contributed by atoms with Crippen LogP contribution in [0.2, 0.25) is 0 Å². The van der Waals surface area contributed by atoms with Gasteiger partial charge in [0.1, 0.15) is 0 Å². The molecule has 0 radical (unpaired) electrons. The van der Waals surface area contributed by atoms with Crippen molar-refractivity contribution >= 4 is 41.5 Å². The Labute approximate surface area is 182 Å². The van der Waals surface area contributed by atoms with Gasteiger partial charge < -0.3 is 20.3 Å². The van der Waals surface area contributed by atoms with Crippen LogP contribution < -0.4 is 20.3 Å². The lowest BCUT2D eigenvalue weighted by atomic mass is 10.2. The van der Waals surface area contributed by atoms with Gasteiger partial charge in [0.15, 0.2) is 5.96 Å². The van der Waals surface area contributed by atoms with Gasteiger partial charge in [0.25, 0.3) is 0 Å². The number of nitrogens with one attached hydrogen (secondary N) is 2. The number of rotatable bonds is 6. The molecular formula is C20H26IN5O2. The van der Waals surface area contributed by atoms with E-state index in [0.717, 1.165) is 29.9 Å². The second-order valence-corrected chi connectivity index (χ2v) is 6.27. The van der Waals surface area contributed by atoms with Gasteiger partial charge in [-0.25, -0.2) is 4.98 Å². The van der Waals surface area contributed by atoms with Crippen molar-refractivity contribution in [2.24, 2.45) is 4.99 Å². The summed E-state index contributed by atoms with van der Waals surface area (Å²) < 4.78 is 5.14. The van der Waals surface area contributed by atoms with E-state index in [-0.39, 0.29) is 29.9 Å². The van der Waals surface area contributed by atoms with E-state index >= 15 is 0 Å². The van der Waals surface area contributed by atoms with Crippen LogP contribution in [0.25, 0.3) is 0 Å². The van der Waals surface area contributed by atoms with Crippen molar-refractivity contribution in [3.8, 4) is 5.88 Å². The minimum atomic E-state index is 0. The molecule has 2 aromatic rings. The van der Waals surface area contributed by atoms with Gasteiger partial charge in [-0.2, -0.15) is 0 Å². The van der Waals surface area contributed by atoms with E-state index in [4.69, 9.17) is 4.74 Å². The van der Waals surface area contributed by atoms with E-state index in [1.165, 1.54) is 0 Å². The summed E-state index contributed by atoms with van der Waals surface area (Å²) in [5.74, 6) is 1.49. The summed E-state index contributed by atoms with van der Waals surface area (Å²) in [7, 11) is 3.33. The number of hydrogen-bond acceptors (Lipinski definition) is 4. The fraction of sp³-hybridized carbons (Fsp3) is 0.350. The largest absolute Gasteiger partial charge is 0.481 e. The third-order valence-corrected chi connectivity index (χ3v) is 4.43. The van der Waals surface area contributed by atoms with Crippen LogP contribution in [0, 0.1) is 0 Å². The number of benzene rings is 1. The van der Waals surface area contributed by atoms with Gasteiger partial charge in [-0.1, -0.05) is 18.2 Å². The van der Waals surface area contributed by atoms with E-state index in [2.05, 4.69) is 20.6 Å². The molecule has 0 unspecified atom stereocenters. The first kappa shape index (κ1) is 21.9. The molecule has 150 valence electrons. The van der Waals surface area contributed by atoms with Crippen LogP contribution in [0.4, 0.5) is 5.69 Å². The quantitative estimate of drug-likeness (QED) is 0.366. The van der Waals surface area contributed by atoms with Crippen LogP contribution in [0.15, 0.2) is 47.5 Å². The van der Waals surface area contributed by atoms with Gasteiger partial charge in [-0.3, -0.25) is 9.79 Å². The second kappa shape index (κ2) is 10.8. The molecule has 28 heavy (non-hydrogen) atoms. The molecule has 0 saturated carbocycles. The van der Waals surface area contributed by atoms with Crippen molar-refractivity contribution in [2.45, 2.75) is 25.9 Å². The third-order valence-electron chi connectivity index (χ3n) is 4.43. The maximum absolute atomic E-state index is 11.8. The predicted octanol–water partition coefficient (Wildman–Crippen LogP) is 2.70. The average molecular weight is 495 g/mol. The van der Waals surface area contributed by atoms with E-state index in [0.29, 0.717) is 31.3 Å². The molecule has 1 saturated heterocycles. The molecule has 7 nitrogen and oxygen atoms in total. The van der Waals surface area contributed by atoms with Crippen LogP contribution in [0.1, 0.15) is 24.1 Å². The van der Waals surface area contributed by atoms with Crippen molar-refractivity contribution in [3.63, 3.8) is 0 Å². The maximum atomic E-state index is 11.8. The number of anilines is 1. The zero-order valence-electron chi connectivity index (χ0n) is 16.1. The number of amides is 1. The zero-order valence-corrected chi connectivity index (χ0v) is 18.5. The fourth-order valence-corrected chi connectivity index (χ4v) is 2.97. The number of pyridine rings is 1. The fourth-order valence-electron chi connectivity index (χ4n) is 2.97. The molecule has 0 aliphatic carbocycles. The predicted molar refractivity (Wildman–Crippen MR) is 121 cm³/mol. The summed E-state index contributed by atoms with van der Waals surface area (Å²) in [6.45, 7) is 2.00. The standard InChI is InChI=1S/C20H25N5O2.HI/c1-21-20(23-14-16-5-3-6-18(24-16)27-2)22-13-15-8-10-17(11-9-15)25-12-4-7-19(25)26;/h3,5-6,8-11H,4,7,12-14H2,1-2H3,(H2,21,22,23);1H. The smallest absolute Gasteiger partial charge is 0.227 e. The number of methoxy groups -OCH3 is 1. The number of aromatic nitrogens is 1. The molecule has 1 aliphatic rings. The molecule has 1 fully saturated rings. The normalized spacial score (nSPS) is 13.9. The van der Waals surface area contributed by atoms with Gasteiger partial charge >= 0.3 is 0 Å². The molecule has 2 heterocycles. The Morgan fingerprint density at radius 2 is 1.93 bits per heavy atom. The second-order valence-electron chi connectivity index (χ2n) is 6.27. The summed E-state index contributed by atoms with van der Waals surface area (Å²) in [4.78, 5) is 22.3. The van der Waals surface area contributed by atoms with Crippen molar-refractivity contribution < 1.29 is 9.53 Å². The summed E-state index contributed by atoms with van der Waals surface area (Å²) in [5.41, 5.74) is 2.96. The van der Waals surface area contributed by atoms with Crippen LogP contribution in [0.3, 0.4) is 0 Å². The molecule has 0 atom stereocenters. The lowest BCUT2D eigenvalue weighted by Gasteiger charge is -2.16. The third kappa shape index (κ3) is 5.82. The highest BCUT2D eigenvalue weighted by molar-refractivity contribution is 14.0. The monoisotopic (exact) mass is 495 g/mol. The Bertz CT molecular complexity index is 810. The van der Waals surface area contributed by atoms with E-state index < -0.39 is 0 Å². The van der Waals surface area contributed by atoms with Crippen molar-refractivity contribution in [1.29, 1.82) is 0 Å². The highest BCUT2D eigenvalue weighted by Crippen LogP contribution is 2.21. The number of ether oxygens (including phenoxy) is 1. The topological polar surface area (TPSA) is 78.9 Å². The number of nitrogens with zero attached hydrogens (tertiary/aromatic N) is 3. The highest BCUT2D eigenvalue weighted by Gasteiger charge is 2.21. The lowest BCUT2D eigenvalue weighted by Crippen LogP contribution is -2.36. The minimum Gasteiger partial charge on any atom is -0.481 e. The van der Waals surface area contributed by atoms with Crippen LogP contribution in [-0.2, 0) is 17.9 Å². The van der Waals surface area contributed by atoms with Crippen LogP contribution in [0.5, 0.6) is 5.88 Å². The average Bonchev–Trinajstić information content (AvgIpc) is 3.14. The minimum absolute atomic E-state index is 0. The Kier molecular flexibility index (Phi) is 8.49. The first-order valence-electron chi connectivity index (χ1n) is 9.03. The van der Waals surface area contributed by atoms with E-state index in [1.54, 1.807) is 14.2 Å². The molecular weight excluding hydrogens is 469 g/mol. The van der Waals surface area contributed by atoms with Gasteiger partial charge in [-0.05, 0) is 30.2 Å². The number of halogens is 1. The van der Waals surface area contributed by atoms with Gasteiger partial charge in [0, 0.05) is 38.3 Å². The molecule has 1 aromatic heterocycles. The molecule has 1 aliphatic heterocycles. The molecule has 1 aromatic carbocycles. The molecule has 8 heteroatoms. The highest BCUT2D eigenvalue weighted by atomic mass is 127. The zero-order chi connectivity index (χ0) is 19.1. The van der Waals surface area contributed by atoms with Crippen LogP contribution >= 0.6 is 24.0 Å². The number of carbonyl (C=O) groups is 1. The molecule has 3 rings (SSSR count). The number of hydrogen-bond donors (Lipinski definition) is 2. The number of guanidine groups is 1. The Balaban J connectivity index is 0.00000280. The molecule has 0 bridgehead atoms. The summed E-state index contributed by atoms with van der Waals surface area (Å²) in [6, 6.07) is 13.7. The van der Waals surface area contributed by atoms with Gasteiger partial charge in [0.2, 0.25) is 11.8 Å². The Morgan fingerprint density at radius 1 is 1.18 bits per heavy atom. The van der Waals surface area contributed by atoms with Gasteiger partial charge in [-0.15, -0.1) is 24.0 Å².